The molecule has 33 heavy (non-hydrogen) atoms. The lowest BCUT2D eigenvalue weighted by Crippen LogP contribution is -2.33. The fourth-order valence-corrected chi connectivity index (χ4v) is 3.68. The number of phenolic OH excluding ortho intramolecular Hbond substituents is 1. The molecule has 1 aliphatic heterocycles. The average Bonchev–Trinajstić information content (AvgIpc) is 3.21. The minimum Gasteiger partial charge on any atom is -0.508 e. The quantitative estimate of drug-likeness (QED) is 0.357. The van der Waals surface area contributed by atoms with E-state index in [1.165, 1.54) is 36.4 Å². The number of hydroxylamine groups is 2. The third-order valence-corrected chi connectivity index (χ3v) is 5.29. The van der Waals surface area contributed by atoms with E-state index in [9.17, 15) is 24.3 Å². The highest BCUT2D eigenvalue weighted by atomic mass is 16.7. The Labute approximate surface area is 185 Å². The third-order valence-electron chi connectivity index (χ3n) is 5.29. The number of imide groups is 1. The van der Waals surface area contributed by atoms with E-state index < -0.39 is 22.7 Å². The predicted molar refractivity (Wildman–Crippen MR) is 118 cm³/mol. The van der Waals surface area contributed by atoms with Gasteiger partial charge in [0.15, 0.2) is 5.36 Å². The number of rotatable bonds is 5. The molecule has 0 unspecified atom stereocenters. The Kier molecular flexibility index (Phi) is 4.80. The van der Waals surface area contributed by atoms with Gasteiger partial charge in [-0.3, -0.25) is 29.4 Å². The van der Waals surface area contributed by atoms with Gasteiger partial charge in [-0.05, 0) is 35.9 Å². The van der Waals surface area contributed by atoms with Crippen molar-refractivity contribution < 1.29 is 19.5 Å². The maximum absolute atomic E-state index is 12.9. The molecule has 0 aliphatic carbocycles. The van der Waals surface area contributed by atoms with Crippen molar-refractivity contribution in [3.63, 3.8) is 0 Å². The second-order valence-corrected chi connectivity index (χ2v) is 7.35. The van der Waals surface area contributed by atoms with E-state index in [1.54, 1.807) is 12.1 Å². The van der Waals surface area contributed by atoms with Gasteiger partial charge in [0.2, 0.25) is 10.9 Å². The molecule has 4 aromatic carbocycles. The SMILES string of the molecule is O=C1c2cccc(NN=c3c(=O)c4ccc(O)cc4c3=O)c2C(=O)N1OCc1ccccc1. The van der Waals surface area contributed by atoms with E-state index >= 15 is 0 Å². The first-order chi connectivity index (χ1) is 16.0. The highest BCUT2D eigenvalue weighted by Gasteiger charge is 2.39. The Morgan fingerprint density at radius 1 is 0.848 bits per heavy atom. The lowest BCUT2D eigenvalue weighted by Gasteiger charge is -2.13. The summed E-state index contributed by atoms with van der Waals surface area (Å²) in [5.41, 5.74) is 2.36. The van der Waals surface area contributed by atoms with Crippen molar-refractivity contribution in [2.45, 2.75) is 6.61 Å². The first kappa shape index (κ1) is 20.3. The molecule has 0 spiro atoms. The molecule has 162 valence electrons. The molecule has 1 heterocycles. The standard InChI is InChI=1S/C24H15N3O6/c28-14-9-10-15-17(11-14)22(30)20(21(15)29)26-25-18-8-4-7-16-19(18)24(32)27(23(16)31)33-12-13-5-2-1-3-6-13/h1-11,25,28H,12H2. The maximum Gasteiger partial charge on any atom is 0.288 e. The molecule has 5 rings (SSSR count). The number of carbonyl (C=O) groups is 2. The van der Waals surface area contributed by atoms with E-state index in [4.69, 9.17) is 4.84 Å². The zero-order chi connectivity index (χ0) is 23.1. The Bertz CT molecular complexity index is 1590. The van der Waals surface area contributed by atoms with Gasteiger partial charge >= 0.3 is 0 Å². The molecule has 9 nitrogen and oxygen atoms in total. The first-order valence-electron chi connectivity index (χ1n) is 9.90. The molecular formula is C24H15N3O6. The number of fused-ring (bicyclic) bond motifs is 2. The molecule has 0 atom stereocenters. The first-order valence-corrected chi connectivity index (χ1v) is 9.90. The van der Waals surface area contributed by atoms with Gasteiger partial charge in [-0.2, -0.15) is 5.10 Å². The van der Waals surface area contributed by atoms with E-state index in [2.05, 4.69) is 10.5 Å². The number of anilines is 1. The lowest BCUT2D eigenvalue weighted by atomic mass is 10.1. The van der Waals surface area contributed by atoms with E-state index in [-0.39, 0.29) is 45.3 Å². The van der Waals surface area contributed by atoms with Crippen molar-refractivity contribution in [3.8, 4) is 5.75 Å². The van der Waals surface area contributed by atoms with Crippen LogP contribution in [0.1, 0.15) is 26.3 Å². The van der Waals surface area contributed by atoms with Crippen molar-refractivity contribution in [2.24, 2.45) is 5.10 Å². The molecule has 0 radical (unpaired) electrons. The monoisotopic (exact) mass is 441 g/mol. The molecule has 9 heteroatoms. The van der Waals surface area contributed by atoms with Crippen LogP contribution in [0, 0.1) is 0 Å². The Morgan fingerprint density at radius 3 is 2.39 bits per heavy atom. The number of benzene rings is 3. The highest BCUT2D eigenvalue weighted by molar-refractivity contribution is 6.22. The summed E-state index contributed by atoms with van der Waals surface area (Å²) in [6.07, 6.45) is 0. The highest BCUT2D eigenvalue weighted by Crippen LogP contribution is 2.30. The van der Waals surface area contributed by atoms with Gasteiger partial charge in [0.05, 0.1) is 16.8 Å². The number of phenols is 1. The average molecular weight is 441 g/mol. The fourth-order valence-electron chi connectivity index (χ4n) is 3.68. The van der Waals surface area contributed by atoms with Crippen LogP contribution in [0.4, 0.5) is 5.69 Å². The molecular weight excluding hydrogens is 426 g/mol. The molecule has 0 aromatic heterocycles. The summed E-state index contributed by atoms with van der Waals surface area (Å²) in [5, 5.41) is 14.0. The van der Waals surface area contributed by atoms with Gasteiger partial charge in [-0.15, -0.1) is 5.06 Å². The van der Waals surface area contributed by atoms with E-state index in [1.807, 2.05) is 18.2 Å². The van der Waals surface area contributed by atoms with Crippen molar-refractivity contribution in [1.29, 1.82) is 0 Å². The second kappa shape index (κ2) is 7.81. The number of carbonyl (C=O) groups excluding carboxylic acids is 2. The molecule has 2 N–H and O–H groups in total. The number of nitrogens with zero attached hydrogens (tertiary/aromatic N) is 2. The molecule has 0 saturated carbocycles. The number of amides is 2. The van der Waals surface area contributed by atoms with Crippen LogP contribution in [0.3, 0.4) is 0 Å². The van der Waals surface area contributed by atoms with Gasteiger partial charge in [0, 0.05) is 10.8 Å². The van der Waals surface area contributed by atoms with Crippen LogP contribution in [0.15, 0.2) is 81.4 Å². The zero-order valence-corrected chi connectivity index (χ0v) is 16.9. The Balaban J connectivity index is 1.47. The molecule has 0 fully saturated rings. The second-order valence-electron chi connectivity index (χ2n) is 7.35. The minimum absolute atomic E-state index is 0.0193. The van der Waals surface area contributed by atoms with Crippen molar-refractivity contribution in [3.05, 3.63) is 109 Å². The smallest absolute Gasteiger partial charge is 0.288 e. The summed E-state index contributed by atoms with van der Waals surface area (Å²) in [4.78, 5) is 56.2. The molecule has 4 aromatic rings. The summed E-state index contributed by atoms with van der Waals surface area (Å²) in [5.74, 6) is -1.46. The topological polar surface area (TPSA) is 125 Å². The molecule has 0 bridgehead atoms. The predicted octanol–water partition coefficient (Wildman–Crippen LogP) is 1.80. The summed E-state index contributed by atoms with van der Waals surface area (Å²) in [6.45, 7) is 0.0193. The van der Waals surface area contributed by atoms with Crippen molar-refractivity contribution in [2.75, 3.05) is 5.43 Å². The van der Waals surface area contributed by atoms with Gasteiger partial charge in [-0.25, -0.2) is 0 Å². The van der Waals surface area contributed by atoms with Crippen LogP contribution in [0.5, 0.6) is 5.75 Å². The molecule has 0 saturated heterocycles. The van der Waals surface area contributed by atoms with Gasteiger partial charge in [-0.1, -0.05) is 36.4 Å². The number of nitrogens with one attached hydrogen (secondary N) is 1. The summed E-state index contributed by atoms with van der Waals surface area (Å²) in [6, 6.07) is 17.4. The fraction of sp³-hybridized carbons (Fsp3) is 0.0417. The van der Waals surface area contributed by atoms with Crippen LogP contribution in [0.25, 0.3) is 10.8 Å². The number of aromatic hydroxyl groups is 1. The molecule has 1 aliphatic rings. The summed E-state index contributed by atoms with van der Waals surface area (Å²) in [7, 11) is 0. The zero-order valence-electron chi connectivity index (χ0n) is 16.9. The van der Waals surface area contributed by atoms with Crippen molar-refractivity contribution >= 4 is 28.3 Å². The minimum atomic E-state index is -0.688. The van der Waals surface area contributed by atoms with E-state index in [0.717, 1.165) is 5.56 Å². The van der Waals surface area contributed by atoms with Crippen LogP contribution in [-0.2, 0) is 11.4 Å². The largest absolute Gasteiger partial charge is 0.508 e. The van der Waals surface area contributed by atoms with E-state index in [0.29, 0.717) is 5.06 Å². The lowest BCUT2D eigenvalue weighted by molar-refractivity contribution is -0.101. The third kappa shape index (κ3) is 3.36. The number of hydrogen-bond donors (Lipinski definition) is 2. The maximum atomic E-state index is 12.9. The van der Waals surface area contributed by atoms with Crippen LogP contribution < -0.4 is 21.6 Å². The van der Waals surface area contributed by atoms with Crippen LogP contribution in [-0.4, -0.2) is 22.0 Å². The molecule has 2 amide bonds. The Hall–Kier alpha value is -4.63. The van der Waals surface area contributed by atoms with Gasteiger partial charge in [0.1, 0.15) is 12.4 Å². The van der Waals surface area contributed by atoms with Crippen molar-refractivity contribution in [1.82, 2.24) is 5.06 Å². The number of hydrogen-bond acceptors (Lipinski definition) is 8. The normalized spacial score (nSPS) is 13.7. The summed E-state index contributed by atoms with van der Waals surface area (Å²) >= 11 is 0. The van der Waals surface area contributed by atoms with Crippen LogP contribution >= 0.6 is 0 Å². The van der Waals surface area contributed by atoms with Gasteiger partial charge in [0.25, 0.3) is 11.8 Å². The van der Waals surface area contributed by atoms with Gasteiger partial charge < -0.3 is 5.11 Å². The Morgan fingerprint density at radius 2 is 1.61 bits per heavy atom. The summed E-state index contributed by atoms with van der Waals surface area (Å²) < 4.78 is 0. The van der Waals surface area contributed by atoms with Crippen LogP contribution in [0.2, 0.25) is 0 Å².